The number of likely N-dealkylation sites (N-methyl/N-ethyl adjacent to an activating group) is 1. The van der Waals surface area contributed by atoms with Crippen molar-refractivity contribution in [2.75, 3.05) is 18.5 Å². The third-order valence-corrected chi connectivity index (χ3v) is 2.18. The van der Waals surface area contributed by atoms with Crippen molar-refractivity contribution in [1.29, 1.82) is 0 Å². The van der Waals surface area contributed by atoms with Gasteiger partial charge in [0.15, 0.2) is 0 Å². The van der Waals surface area contributed by atoms with Gasteiger partial charge in [-0.1, -0.05) is 12.1 Å². The smallest absolute Gasteiger partial charge is 0.325 e. The third-order valence-electron chi connectivity index (χ3n) is 2.18. The van der Waals surface area contributed by atoms with Crippen molar-refractivity contribution >= 4 is 11.7 Å². The van der Waals surface area contributed by atoms with Gasteiger partial charge in [-0.05, 0) is 38.5 Å². The molecule has 0 saturated heterocycles. The fourth-order valence-corrected chi connectivity index (χ4v) is 1.45. The molecule has 0 unspecified atom stereocenters. The predicted molar refractivity (Wildman–Crippen MR) is 65.7 cm³/mol. The fraction of sp³-hybridized carbons (Fsp3) is 0.462. The molecule has 0 aromatic heterocycles. The van der Waals surface area contributed by atoms with Gasteiger partial charge in [0, 0.05) is 12.7 Å². The molecule has 0 fully saturated rings. The zero-order valence-corrected chi connectivity index (χ0v) is 10.4. The van der Waals surface area contributed by atoms with E-state index in [1.54, 1.807) is 0 Å². The minimum absolute atomic E-state index is 0.0570. The van der Waals surface area contributed by atoms with Crippen LogP contribution in [0, 0.1) is 6.92 Å². The number of hydrogen-bond donors (Lipinski definition) is 0. The van der Waals surface area contributed by atoms with Crippen molar-refractivity contribution in [2.24, 2.45) is 0 Å². The Labute approximate surface area is 97.0 Å². The first-order valence-corrected chi connectivity index (χ1v) is 5.46. The second-order valence-electron chi connectivity index (χ2n) is 4.23. The van der Waals surface area contributed by atoms with Crippen LogP contribution in [0.2, 0.25) is 0 Å². The molecule has 0 heterocycles. The van der Waals surface area contributed by atoms with Crippen molar-refractivity contribution in [3.8, 4) is 0 Å². The Morgan fingerprint density at radius 3 is 2.69 bits per heavy atom. The van der Waals surface area contributed by atoms with Crippen LogP contribution in [0.4, 0.5) is 5.69 Å². The summed E-state index contributed by atoms with van der Waals surface area (Å²) in [6.07, 6.45) is -0.0570. The molecule has 1 aromatic rings. The standard InChI is InChI=1S/C13H19NO2/c1-10(2)16-13(15)9-14(4)12-7-5-6-11(3)8-12/h5-8,10H,9H2,1-4H3. The number of rotatable bonds is 4. The summed E-state index contributed by atoms with van der Waals surface area (Å²) in [6.45, 7) is 6.01. The largest absolute Gasteiger partial charge is 0.462 e. The average Bonchev–Trinajstić information content (AvgIpc) is 2.16. The van der Waals surface area contributed by atoms with Gasteiger partial charge < -0.3 is 9.64 Å². The van der Waals surface area contributed by atoms with E-state index < -0.39 is 0 Å². The molecular formula is C13H19NO2. The van der Waals surface area contributed by atoms with Crippen molar-refractivity contribution in [3.63, 3.8) is 0 Å². The monoisotopic (exact) mass is 221 g/mol. The van der Waals surface area contributed by atoms with Gasteiger partial charge in [0.2, 0.25) is 0 Å². The summed E-state index contributed by atoms with van der Waals surface area (Å²) >= 11 is 0. The van der Waals surface area contributed by atoms with E-state index in [9.17, 15) is 4.79 Å². The minimum atomic E-state index is -0.195. The van der Waals surface area contributed by atoms with Gasteiger partial charge in [-0.15, -0.1) is 0 Å². The molecule has 0 aliphatic carbocycles. The highest BCUT2D eigenvalue weighted by Crippen LogP contribution is 2.13. The van der Waals surface area contributed by atoms with Crippen LogP contribution in [-0.4, -0.2) is 25.7 Å². The Balaban J connectivity index is 2.58. The van der Waals surface area contributed by atoms with E-state index in [1.165, 1.54) is 5.56 Å². The Morgan fingerprint density at radius 1 is 1.44 bits per heavy atom. The zero-order valence-electron chi connectivity index (χ0n) is 10.4. The first kappa shape index (κ1) is 12.6. The Kier molecular flexibility index (Phi) is 4.35. The molecule has 0 bridgehead atoms. The highest BCUT2D eigenvalue weighted by atomic mass is 16.5. The minimum Gasteiger partial charge on any atom is -0.462 e. The van der Waals surface area contributed by atoms with E-state index in [0.717, 1.165) is 5.69 Å². The second kappa shape index (κ2) is 5.54. The number of esters is 1. The van der Waals surface area contributed by atoms with Crippen LogP contribution in [0.3, 0.4) is 0 Å². The molecule has 0 N–H and O–H groups in total. The van der Waals surface area contributed by atoms with Crippen LogP contribution in [-0.2, 0) is 9.53 Å². The van der Waals surface area contributed by atoms with Crippen LogP contribution in [0.15, 0.2) is 24.3 Å². The summed E-state index contributed by atoms with van der Waals surface area (Å²) in [7, 11) is 1.89. The zero-order chi connectivity index (χ0) is 12.1. The maximum Gasteiger partial charge on any atom is 0.325 e. The van der Waals surface area contributed by atoms with Crippen LogP contribution in [0.25, 0.3) is 0 Å². The van der Waals surface area contributed by atoms with Gasteiger partial charge in [0.1, 0.15) is 6.54 Å². The molecule has 0 radical (unpaired) electrons. The summed E-state index contributed by atoms with van der Waals surface area (Å²) in [6, 6.07) is 8.04. The molecule has 0 aliphatic rings. The van der Waals surface area contributed by atoms with E-state index in [4.69, 9.17) is 4.74 Å². The Morgan fingerprint density at radius 2 is 2.12 bits per heavy atom. The molecule has 0 spiro atoms. The van der Waals surface area contributed by atoms with Gasteiger partial charge in [0.05, 0.1) is 6.10 Å². The van der Waals surface area contributed by atoms with Crippen molar-refractivity contribution < 1.29 is 9.53 Å². The lowest BCUT2D eigenvalue weighted by Crippen LogP contribution is -2.28. The molecule has 0 saturated carbocycles. The van der Waals surface area contributed by atoms with Gasteiger partial charge in [-0.3, -0.25) is 4.79 Å². The van der Waals surface area contributed by atoms with Crippen molar-refractivity contribution in [2.45, 2.75) is 26.9 Å². The number of hydrogen-bond acceptors (Lipinski definition) is 3. The number of nitrogens with zero attached hydrogens (tertiary/aromatic N) is 1. The Bertz CT molecular complexity index is 361. The topological polar surface area (TPSA) is 29.5 Å². The summed E-state index contributed by atoms with van der Waals surface area (Å²) in [5.41, 5.74) is 2.21. The molecule has 0 amide bonds. The molecular weight excluding hydrogens is 202 g/mol. The normalized spacial score (nSPS) is 10.3. The highest BCUT2D eigenvalue weighted by Gasteiger charge is 2.09. The van der Waals surface area contributed by atoms with Gasteiger partial charge in [-0.2, -0.15) is 0 Å². The predicted octanol–water partition coefficient (Wildman–Crippen LogP) is 2.38. The molecule has 0 aliphatic heterocycles. The lowest BCUT2D eigenvalue weighted by molar-refractivity contribution is -0.145. The van der Waals surface area contributed by atoms with E-state index in [2.05, 4.69) is 0 Å². The summed E-state index contributed by atoms with van der Waals surface area (Å²) < 4.78 is 5.09. The third kappa shape index (κ3) is 3.93. The summed E-state index contributed by atoms with van der Waals surface area (Å²) in [5, 5.41) is 0. The fourth-order valence-electron chi connectivity index (χ4n) is 1.45. The molecule has 3 heteroatoms. The number of benzene rings is 1. The van der Waals surface area contributed by atoms with Crippen LogP contribution >= 0.6 is 0 Å². The van der Waals surface area contributed by atoms with E-state index >= 15 is 0 Å². The van der Waals surface area contributed by atoms with Crippen LogP contribution < -0.4 is 4.90 Å². The maximum absolute atomic E-state index is 11.5. The first-order valence-electron chi connectivity index (χ1n) is 5.46. The number of ether oxygens (including phenoxy) is 1. The molecule has 88 valence electrons. The molecule has 1 rings (SSSR count). The first-order chi connectivity index (χ1) is 7.49. The molecule has 16 heavy (non-hydrogen) atoms. The molecule has 3 nitrogen and oxygen atoms in total. The quantitative estimate of drug-likeness (QED) is 0.731. The summed E-state index contributed by atoms with van der Waals surface area (Å²) in [5.74, 6) is -0.195. The summed E-state index contributed by atoms with van der Waals surface area (Å²) in [4.78, 5) is 13.3. The lowest BCUT2D eigenvalue weighted by Gasteiger charge is -2.19. The number of aryl methyl sites for hydroxylation is 1. The SMILES string of the molecule is Cc1cccc(N(C)CC(=O)OC(C)C)c1. The van der Waals surface area contributed by atoms with Gasteiger partial charge in [0.25, 0.3) is 0 Å². The average molecular weight is 221 g/mol. The highest BCUT2D eigenvalue weighted by molar-refractivity contribution is 5.75. The van der Waals surface area contributed by atoms with Gasteiger partial charge in [-0.25, -0.2) is 0 Å². The van der Waals surface area contributed by atoms with E-state index in [-0.39, 0.29) is 18.6 Å². The number of anilines is 1. The lowest BCUT2D eigenvalue weighted by atomic mass is 10.2. The molecule has 1 aromatic carbocycles. The second-order valence-corrected chi connectivity index (χ2v) is 4.23. The van der Waals surface area contributed by atoms with Crippen molar-refractivity contribution in [3.05, 3.63) is 29.8 Å². The van der Waals surface area contributed by atoms with Crippen molar-refractivity contribution in [1.82, 2.24) is 0 Å². The molecule has 0 atom stereocenters. The maximum atomic E-state index is 11.5. The van der Waals surface area contributed by atoms with E-state index in [0.29, 0.717) is 0 Å². The van der Waals surface area contributed by atoms with Crippen LogP contribution in [0.1, 0.15) is 19.4 Å². The van der Waals surface area contributed by atoms with Gasteiger partial charge >= 0.3 is 5.97 Å². The Hall–Kier alpha value is -1.51. The number of carbonyl (C=O) groups is 1. The van der Waals surface area contributed by atoms with Crippen LogP contribution in [0.5, 0.6) is 0 Å². The number of carbonyl (C=O) groups excluding carboxylic acids is 1. The van der Waals surface area contributed by atoms with E-state index in [1.807, 2.05) is 57.0 Å².